The lowest BCUT2D eigenvalue weighted by atomic mass is 9.47. The van der Waals surface area contributed by atoms with Gasteiger partial charge in [-0.25, -0.2) is 4.79 Å². The molecule has 0 amide bonds. The zero-order valence-corrected chi connectivity index (χ0v) is 18.7. The van der Waals surface area contributed by atoms with Gasteiger partial charge in [0.2, 0.25) is 0 Å². The van der Waals surface area contributed by atoms with E-state index in [2.05, 4.69) is 11.3 Å². The lowest BCUT2D eigenvalue weighted by molar-refractivity contribution is -0.311. The highest BCUT2D eigenvalue weighted by atomic mass is 32.2. The fourth-order valence-corrected chi connectivity index (χ4v) is 6.33. The van der Waals surface area contributed by atoms with Crippen LogP contribution < -0.4 is 0 Å². The largest absolute Gasteiger partial charge is 0.455 e. The normalized spacial score (nSPS) is 32.3. The second-order valence-electron chi connectivity index (χ2n) is 9.92. The van der Waals surface area contributed by atoms with Crippen molar-refractivity contribution in [3.05, 3.63) is 12.2 Å². The molecule has 13 heteroatoms. The molecule has 0 aromatic rings. The molecule has 2 N–H and O–H groups in total. The number of ether oxygens (including phenoxy) is 2. The summed E-state index contributed by atoms with van der Waals surface area (Å²) >= 11 is 0. The smallest absolute Gasteiger partial charge is 0.420 e. The molecule has 2 unspecified atom stereocenters. The van der Waals surface area contributed by atoms with Gasteiger partial charge in [0, 0.05) is 5.41 Å². The first-order valence-corrected chi connectivity index (χ1v) is 11.9. The molecule has 0 aromatic heterocycles. The van der Waals surface area contributed by atoms with E-state index in [0.717, 1.165) is 19.3 Å². The van der Waals surface area contributed by atoms with Crippen LogP contribution in [0.3, 0.4) is 0 Å². The van der Waals surface area contributed by atoms with Crippen molar-refractivity contribution in [1.82, 2.24) is 0 Å². The molecule has 0 saturated heterocycles. The van der Waals surface area contributed by atoms with Crippen molar-refractivity contribution >= 4 is 16.1 Å². The minimum absolute atomic E-state index is 0.177. The Bertz CT molecular complexity index is 862. The van der Waals surface area contributed by atoms with E-state index < -0.39 is 63.4 Å². The van der Waals surface area contributed by atoms with Crippen molar-refractivity contribution in [1.29, 1.82) is 0 Å². The SMILES string of the molecule is C=C(COCC(F)(F)S(=O)(=O)O)C(=O)OC(C12CC3CC(CC(C3)C1)C2)C(C)(O)C(F)(F)F. The van der Waals surface area contributed by atoms with Gasteiger partial charge in [-0.15, -0.1) is 0 Å². The molecule has 33 heavy (non-hydrogen) atoms. The Morgan fingerprint density at radius 2 is 1.55 bits per heavy atom. The summed E-state index contributed by atoms with van der Waals surface area (Å²) in [5.74, 6) is -0.850. The summed E-state index contributed by atoms with van der Waals surface area (Å²) in [6, 6.07) is 0. The molecule has 190 valence electrons. The standard InChI is InChI=1S/C20H27F5O7S/c1-11(9-31-10-19(21,22)33(28,29)30)15(26)32-16(17(2,27)20(23,24)25)18-6-12-3-13(7-18)5-14(4-12)8-18/h12-14,16,27H,1,3-10H2,2H3,(H,28,29,30). The summed E-state index contributed by atoms with van der Waals surface area (Å²) < 4.78 is 107. The molecule has 2 atom stereocenters. The van der Waals surface area contributed by atoms with Gasteiger partial charge in [-0.2, -0.15) is 30.4 Å². The average molecular weight is 506 g/mol. The highest BCUT2D eigenvalue weighted by Gasteiger charge is 2.66. The van der Waals surface area contributed by atoms with Crippen LogP contribution in [0.1, 0.15) is 45.4 Å². The number of rotatable bonds is 9. The first kappa shape index (κ1) is 26.3. The van der Waals surface area contributed by atoms with Crippen molar-refractivity contribution in [2.24, 2.45) is 23.2 Å². The maximum Gasteiger partial charge on any atom is 0.420 e. The lowest BCUT2D eigenvalue weighted by Crippen LogP contribution is -2.64. The molecule has 4 fully saturated rings. The number of alkyl halides is 5. The quantitative estimate of drug-likeness (QED) is 0.213. The van der Waals surface area contributed by atoms with Gasteiger partial charge in [0.05, 0.1) is 12.2 Å². The predicted molar refractivity (Wildman–Crippen MR) is 104 cm³/mol. The monoisotopic (exact) mass is 506 g/mol. The third-order valence-electron chi connectivity index (χ3n) is 7.16. The van der Waals surface area contributed by atoms with E-state index in [1.165, 1.54) is 0 Å². The number of esters is 1. The van der Waals surface area contributed by atoms with Crippen LogP contribution in [0.4, 0.5) is 22.0 Å². The van der Waals surface area contributed by atoms with Gasteiger partial charge < -0.3 is 14.6 Å². The molecule has 0 aliphatic heterocycles. The third-order valence-corrected chi connectivity index (χ3v) is 8.04. The molecule has 4 aliphatic carbocycles. The molecule has 4 rings (SSSR count). The molecule has 0 spiro atoms. The number of hydrogen-bond donors (Lipinski definition) is 2. The van der Waals surface area contributed by atoms with Gasteiger partial charge in [-0.3, -0.25) is 4.55 Å². The Hall–Kier alpha value is -1.31. The Morgan fingerprint density at radius 1 is 1.09 bits per heavy atom. The maximum atomic E-state index is 13.8. The summed E-state index contributed by atoms with van der Waals surface area (Å²) in [6.45, 7) is 1.02. The van der Waals surface area contributed by atoms with E-state index in [1.54, 1.807) is 0 Å². The second-order valence-corrected chi connectivity index (χ2v) is 11.5. The van der Waals surface area contributed by atoms with Crippen LogP contribution in [0.25, 0.3) is 0 Å². The zero-order valence-electron chi connectivity index (χ0n) is 17.9. The summed E-state index contributed by atoms with van der Waals surface area (Å²) in [4.78, 5) is 12.5. The van der Waals surface area contributed by atoms with Crippen LogP contribution in [0.2, 0.25) is 0 Å². The van der Waals surface area contributed by atoms with E-state index in [0.29, 0.717) is 26.2 Å². The number of carbonyl (C=O) groups is 1. The first-order chi connectivity index (χ1) is 14.9. The van der Waals surface area contributed by atoms with Gasteiger partial charge >= 0.3 is 27.5 Å². The third kappa shape index (κ3) is 5.06. The molecule has 7 nitrogen and oxygen atoms in total. The molecule has 4 aliphatic rings. The van der Waals surface area contributed by atoms with Gasteiger partial charge in [-0.05, 0) is 63.2 Å². The Balaban J connectivity index is 1.76. The van der Waals surface area contributed by atoms with Crippen molar-refractivity contribution in [2.45, 2.75) is 68.6 Å². The van der Waals surface area contributed by atoms with Crippen LogP contribution in [-0.2, 0) is 24.4 Å². The van der Waals surface area contributed by atoms with Crippen molar-refractivity contribution in [2.75, 3.05) is 13.2 Å². The minimum atomic E-state index is -5.76. The van der Waals surface area contributed by atoms with Crippen LogP contribution in [-0.4, -0.2) is 60.4 Å². The van der Waals surface area contributed by atoms with Gasteiger partial charge in [0.25, 0.3) is 0 Å². The summed E-state index contributed by atoms with van der Waals surface area (Å²) in [7, 11) is -5.76. The van der Waals surface area contributed by atoms with E-state index in [-0.39, 0.29) is 17.8 Å². The van der Waals surface area contributed by atoms with E-state index >= 15 is 0 Å². The van der Waals surface area contributed by atoms with E-state index in [9.17, 15) is 40.3 Å². The molecule has 0 aromatic carbocycles. The van der Waals surface area contributed by atoms with Crippen LogP contribution in [0.5, 0.6) is 0 Å². The zero-order chi connectivity index (χ0) is 25.0. The number of carbonyl (C=O) groups excluding carboxylic acids is 1. The van der Waals surface area contributed by atoms with Crippen LogP contribution >= 0.6 is 0 Å². The molecule has 4 saturated carbocycles. The van der Waals surface area contributed by atoms with Crippen molar-refractivity contribution in [3.8, 4) is 0 Å². The average Bonchev–Trinajstić information content (AvgIpc) is 2.62. The summed E-state index contributed by atoms with van der Waals surface area (Å²) in [5.41, 5.74) is -5.09. The molecule has 0 heterocycles. The predicted octanol–water partition coefficient (Wildman–Crippen LogP) is 3.48. The molecule has 0 radical (unpaired) electrons. The van der Waals surface area contributed by atoms with E-state index in [4.69, 9.17) is 9.29 Å². The fourth-order valence-electron chi connectivity index (χ4n) is 6.10. The molecular formula is C20H27F5O7S. The highest BCUT2D eigenvalue weighted by Crippen LogP contribution is 2.63. The first-order valence-electron chi connectivity index (χ1n) is 10.5. The van der Waals surface area contributed by atoms with Crippen LogP contribution in [0.15, 0.2) is 12.2 Å². The topological polar surface area (TPSA) is 110 Å². The van der Waals surface area contributed by atoms with Crippen LogP contribution in [0, 0.1) is 23.2 Å². The molecule has 4 bridgehead atoms. The number of aliphatic hydroxyl groups is 1. The summed E-state index contributed by atoms with van der Waals surface area (Å²) in [5, 5.41) is 5.86. The number of halogens is 5. The lowest BCUT2D eigenvalue weighted by Gasteiger charge is -2.60. The number of hydrogen-bond acceptors (Lipinski definition) is 6. The fraction of sp³-hybridized carbons (Fsp3) is 0.850. The Morgan fingerprint density at radius 3 is 1.94 bits per heavy atom. The molecular weight excluding hydrogens is 479 g/mol. The summed E-state index contributed by atoms with van der Waals surface area (Å²) in [6.07, 6.45) is -3.30. The van der Waals surface area contributed by atoms with Gasteiger partial charge in [-0.1, -0.05) is 6.58 Å². The maximum absolute atomic E-state index is 13.8. The Labute approximate surface area is 188 Å². The van der Waals surface area contributed by atoms with Gasteiger partial charge in [0.1, 0.15) is 12.7 Å². The van der Waals surface area contributed by atoms with Gasteiger partial charge in [0.15, 0.2) is 5.60 Å². The Kier molecular flexibility index (Phi) is 6.71. The second kappa shape index (κ2) is 8.42. The van der Waals surface area contributed by atoms with Crippen molar-refractivity contribution in [3.63, 3.8) is 0 Å². The minimum Gasteiger partial charge on any atom is -0.455 e. The van der Waals surface area contributed by atoms with E-state index in [1.807, 2.05) is 0 Å². The van der Waals surface area contributed by atoms with Crippen molar-refractivity contribution < 1.29 is 54.3 Å². The highest BCUT2D eigenvalue weighted by molar-refractivity contribution is 7.86.